The molecule has 0 N–H and O–H groups in total. The predicted octanol–water partition coefficient (Wildman–Crippen LogP) is 3.73. The van der Waals surface area contributed by atoms with Gasteiger partial charge in [0.2, 0.25) is 15.9 Å². The summed E-state index contributed by atoms with van der Waals surface area (Å²) in [7, 11) is -3.88. The normalized spacial score (nSPS) is 16.2. The molecule has 0 unspecified atom stereocenters. The highest BCUT2D eigenvalue weighted by molar-refractivity contribution is 7.89. The van der Waals surface area contributed by atoms with Crippen molar-refractivity contribution in [2.75, 3.05) is 24.6 Å². The summed E-state index contributed by atoms with van der Waals surface area (Å²) in [5.74, 6) is 0.180. The number of carbonyl (C=O) groups excluding carboxylic acids is 1. The quantitative estimate of drug-likeness (QED) is 0.663. The van der Waals surface area contributed by atoms with Crippen molar-refractivity contribution < 1.29 is 17.9 Å². The van der Waals surface area contributed by atoms with E-state index in [0.29, 0.717) is 12.4 Å². The van der Waals surface area contributed by atoms with E-state index >= 15 is 0 Å². The molecule has 3 rings (SSSR count). The molecule has 0 radical (unpaired) electrons. The van der Waals surface area contributed by atoms with Crippen molar-refractivity contribution in [3.63, 3.8) is 0 Å². The molecule has 29 heavy (non-hydrogen) atoms. The summed E-state index contributed by atoms with van der Waals surface area (Å²) in [5.41, 5.74) is 1.94. The van der Waals surface area contributed by atoms with Crippen LogP contribution in [0.15, 0.2) is 47.4 Å². The number of hydrogen-bond donors (Lipinski definition) is 0. The Morgan fingerprint density at radius 1 is 1.24 bits per heavy atom. The Morgan fingerprint density at radius 3 is 2.62 bits per heavy atom. The van der Waals surface area contributed by atoms with Crippen LogP contribution in [0.5, 0.6) is 5.75 Å². The molecular formula is C21H25ClN2O4S. The second-order valence-corrected chi connectivity index (χ2v) is 9.25. The van der Waals surface area contributed by atoms with Crippen LogP contribution in [0.25, 0.3) is 0 Å². The number of anilines is 1. The van der Waals surface area contributed by atoms with Crippen molar-refractivity contribution in [2.45, 2.75) is 38.1 Å². The van der Waals surface area contributed by atoms with E-state index in [9.17, 15) is 13.2 Å². The van der Waals surface area contributed by atoms with E-state index in [-0.39, 0.29) is 35.0 Å². The van der Waals surface area contributed by atoms with Crippen molar-refractivity contribution >= 4 is 33.2 Å². The largest absolute Gasteiger partial charge is 0.492 e. The highest BCUT2D eigenvalue weighted by Crippen LogP contribution is 2.33. The number of likely N-dealkylation sites (N-methyl/N-ethyl adjacent to an activating group) is 1. The fraction of sp³-hybridized carbons (Fsp3) is 0.381. The Hall–Kier alpha value is -2.09. The van der Waals surface area contributed by atoms with Crippen LogP contribution in [0.4, 0.5) is 5.69 Å². The average Bonchev–Trinajstić information content (AvgIpc) is 3.03. The third-order valence-corrected chi connectivity index (χ3v) is 7.19. The molecule has 0 aromatic heterocycles. The van der Waals surface area contributed by atoms with Gasteiger partial charge in [-0.1, -0.05) is 36.7 Å². The Balaban J connectivity index is 1.84. The van der Waals surface area contributed by atoms with Crippen LogP contribution in [-0.4, -0.2) is 44.4 Å². The van der Waals surface area contributed by atoms with Crippen LogP contribution >= 0.6 is 11.6 Å². The summed E-state index contributed by atoms with van der Waals surface area (Å²) in [4.78, 5) is 14.8. The maximum absolute atomic E-state index is 13.1. The van der Waals surface area contributed by atoms with Gasteiger partial charge in [0.15, 0.2) is 0 Å². The lowest BCUT2D eigenvalue weighted by atomic mass is 10.1. The number of sulfonamides is 1. The van der Waals surface area contributed by atoms with E-state index in [2.05, 4.69) is 0 Å². The van der Waals surface area contributed by atoms with Gasteiger partial charge < -0.3 is 9.64 Å². The first-order valence-electron chi connectivity index (χ1n) is 9.62. The number of para-hydroxylation sites is 1. The standard InChI is InChI=1S/C21H25ClN2O4S/c1-4-23(29(26,27)17-10-11-20(28-5-2)18(22)13-17)14-21(25)24-15(3)12-16-8-6-7-9-19(16)24/h6-11,13,15H,4-5,12,14H2,1-3H3/t15-/m1/s1. The molecule has 1 atom stereocenters. The lowest BCUT2D eigenvalue weighted by Gasteiger charge is -2.27. The molecule has 1 aliphatic heterocycles. The zero-order valence-corrected chi connectivity index (χ0v) is 18.3. The average molecular weight is 437 g/mol. The number of ether oxygens (including phenoxy) is 1. The molecule has 0 aliphatic carbocycles. The molecule has 6 nitrogen and oxygen atoms in total. The zero-order valence-electron chi connectivity index (χ0n) is 16.8. The maximum atomic E-state index is 13.1. The van der Waals surface area contributed by atoms with Gasteiger partial charge in [0.1, 0.15) is 5.75 Å². The third-order valence-electron chi connectivity index (χ3n) is 4.98. The summed E-state index contributed by atoms with van der Waals surface area (Å²) in [6.45, 7) is 5.86. The number of amides is 1. The lowest BCUT2D eigenvalue weighted by molar-refractivity contribution is -0.119. The zero-order chi connectivity index (χ0) is 21.2. The number of rotatable bonds is 7. The molecule has 2 aromatic rings. The lowest BCUT2D eigenvalue weighted by Crippen LogP contribution is -2.45. The van der Waals surface area contributed by atoms with E-state index < -0.39 is 10.0 Å². The number of hydrogen-bond acceptors (Lipinski definition) is 4. The van der Waals surface area contributed by atoms with E-state index in [1.807, 2.05) is 38.1 Å². The second-order valence-electron chi connectivity index (χ2n) is 6.90. The first-order chi connectivity index (χ1) is 13.8. The topological polar surface area (TPSA) is 66.9 Å². The van der Waals surface area contributed by atoms with E-state index in [4.69, 9.17) is 16.3 Å². The molecule has 2 aromatic carbocycles. The van der Waals surface area contributed by atoms with E-state index in [1.54, 1.807) is 11.8 Å². The first kappa shape index (κ1) is 21.6. The van der Waals surface area contributed by atoms with Gasteiger partial charge >= 0.3 is 0 Å². The van der Waals surface area contributed by atoms with Crippen LogP contribution < -0.4 is 9.64 Å². The van der Waals surface area contributed by atoms with E-state index in [0.717, 1.165) is 17.7 Å². The molecule has 156 valence electrons. The Bertz CT molecular complexity index is 1010. The van der Waals surface area contributed by atoms with Gasteiger partial charge in [0.25, 0.3) is 0 Å². The van der Waals surface area contributed by atoms with Gasteiger partial charge in [0.05, 0.1) is 23.1 Å². The molecule has 0 spiro atoms. The summed E-state index contributed by atoms with van der Waals surface area (Å²) < 4.78 is 32.8. The Labute approximate surface area is 177 Å². The number of fused-ring (bicyclic) bond motifs is 1. The van der Waals surface area contributed by atoms with Crippen LogP contribution in [0, 0.1) is 0 Å². The van der Waals surface area contributed by atoms with Gasteiger partial charge in [-0.3, -0.25) is 4.79 Å². The summed E-state index contributed by atoms with van der Waals surface area (Å²) >= 11 is 6.16. The minimum Gasteiger partial charge on any atom is -0.492 e. The number of benzene rings is 2. The molecule has 0 saturated carbocycles. The predicted molar refractivity (Wildman–Crippen MR) is 114 cm³/mol. The van der Waals surface area contributed by atoms with Gasteiger partial charge in [-0.05, 0) is 50.1 Å². The van der Waals surface area contributed by atoms with Crippen LogP contribution in [-0.2, 0) is 21.2 Å². The molecule has 0 bridgehead atoms. The number of nitrogens with zero attached hydrogens (tertiary/aromatic N) is 2. The Kier molecular flexibility index (Phi) is 6.51. The van der Waals surface area contributed by atoms with Crippen molar-refractivity contribution in [2.24, 2.45) is 0 Å². The van der Waals surface area contributed by atoms with Crippen LogP contribution in [0.1, 0.15) is 26.3 Å². The summed E-state index contributed by atoms with van der Waals surface area (Å²) in [6.07, 6.45) is 0.759. The fourth-order valence-electron chi connectivity index (χ4n) is 3.60. The molecule has 8 heteroatoms. The summed E-state index contributed by atoms with van der Waals surface area (Å²) in [5, 5.41) is 0.220. The van der Waals surface area contributed by atoms with Crippen molar-refractivity contribution in [1.29, 1.82) is 0 Å². The fourth-order valence-corrected chi connectivity index (χ4v) is 5.33. The van der Waals surface area contributed by atoms with E-state index in [1.165, 1.54) is 22.5 Å². The first-order valence-corrected chi connectivity index (χ1v) is 11.4. The van der Waals surface area contributed by atoms with Crippen molar-refractivity contribution in [3.8, 4) is 5.75 Å². The highest BCUT2D eigenvalue weighted by atomic mass is 35.5. The molecule has 0 fully saturated rings. The number of halogens is 1. The SMILES string of the molecule is CCOc1ccc(S(=O)(=O)N(CC)CC(=O)N2c3ccccc3C[C@H]2C)cc1Cl. The monoisotopic (exact) mass is 436 g/mol. The molecule has 1 heterocycles. The smallest absolute Gasteiger partial charge is 0.243 e. The second kappa shape index (κ2) is 8.73. The van der Waals surface area contributed by atoms with Gasteiger partial charge in [-0.25, -0.2) is 8.42 Å². The Morgan fingerprint density at radius 2 is 1.97 bits per heavy atom. The van der Waals surface area contributed by atoms with Crippen LogP contribution in [0.2, 0.25) is 5.02 Å². The van der Waals surface area contributed by atoms with Gasteiger partial charge in [0, 0.05) is 18.3 Å². The molecule has 0 saturated heterocycles. The summed E-state index contributed by atoms with van der Waals surface area (Å²) in [6, 6.07) is 12.1. The van der Waals surface area contributed by atoms with Crippen molar-refractivity contribution in [3.05, 3.63) is 53.1 Å². The minimum absolute atomic E-state index is 0.0127. The minimum atomic E-state index is -3.88. The third kappa shape index (κ3) is 4.27. The van der Waals surface area contributed by atoms with Gasteiger partial charge in [-0.15, -0.1) is 0 Å². The molecule has 1 aliphatic rings. The number of carbonyl (C=O) groups is 1. The maximum Gasteiger partial charge on any atom is 0.243 e. The highest BCUT2D eigenvalue weighted by Gasteiger charge is 2.34. The molecular weight excluding hydrogens is 412 g/mol. The van der Waals surface area contributed by atoms with Crippen LogP contribution in [0.3, 0.4) is 0 Å². The molecule has 1 amide bonds. The van der Waals surface area contributed by atoms with Gasteiger partial charge in [-0.2, -0.15) is 4.31 Å². The van der Waals surface area contributed by atoms with Crippen molar-refractivity contribution in [1.82, 2.24) is 4.31 Å².